The number of likely N-dealkylation sites (tertiary alicyclic amines) is 1. The van der Waals surface area contributed by atoms with Crippen LogP contribution in [0.15, 0.2) is 41.6 Å². The van der Waals surface area contributed by atoms with Crippen molar-refractivity contribution in [2.24, 2.45) is 0 Å². The smallest absolute Gasteiger partial charge is 0.326 e. The van der Waals surface area contributed by atoms with E-state index in [2.05, 4.69) is 5.32 Å². The van der Waals surface area contributed by atoms with Gasteiger partial charge in [-0.15, -0.1) is 0 Å². The number of benzene rings is 1. The minimum Gasteiger partial charge on any atom is -0.480 e. The molecule has 1 aromatic rings. The van der Waals surface area contributed by atoms with Crippen molar-refractivity contribution in [3.63, 3.8) is 0 Å². The average molecular weight is 447 g/mol. The Hall–Kier alpha value is -3.21. The summed E-state index contributed by atoms with van der Waals surface area (Å²) < 4.78 is 25.6. The molecule has 3 aliphatic rings. The van der Waals surface area contributed by atoms with Crippen molar-refractivity contribution in [3.05, 3.63) is 47.2 Å². The molecule has 0 radical (unpaired) electrons. The Morgan fingerprint density at radius 2 is 1.84 bits per heavy atom. The lowest BCUT2D eigenvalue weighted by molar-refractivity contribution is -0.150. The molecule has 2 N–H and O–H groups in total. The molecule has 3 heterocycles. The van der Waals surface area contributed by atoms with E-state index in [1.807, 2.05) is 0 Å². The normalized spacial score (nSPS) is 26.9. The third-order valence-electron chi connectivity index (χ3n) is 5.80. The number of β-lactam (4-membered cyclic amide) rings is 1. The highest BCUT2D eigenvalue weighted by Gasteiger charge is 2.60. The molecule has 2 fully saturated rings. The number of nitrogens with one attached hydrogen (secondary N) is 1. The minimum absolute atomic E-state index is 0.108. The summed E-state index contributed by atoms with van der Waals surface area (Å²) in [6.45, 7) is 1.65. The van der Waals surface area contributed by atoms with Crippen LogP contribution in [0.25, 0.3) is 0 Å². The lowest BCUT2D eigenvalue weighted by Gasteiger charge is -2.50. The van der Waals surface area contributed by atoms with Crippen molar-refractivity contribution < 1.29 is 32.7 Å². The second-order valence-electron chi connectivity index (χ2n) is 7.85. The second-order valence-corrected chi connectivity index (χ2v) is 9.94. The highest BCUT2D eigenvalue weighted by molar-refractivity contribution is 7.92. The fraction of sp³-hybridized carbons (Fsp3) is 0.400. The molecule has 0 aliphatic carbocycles. The molecule has 3 aliphatic heterocycles. The van der Waals surface area contributed by atoms with Crippen LogP contribution in [-0.4, -0.2) is 76.8 Å². The molecule has 4 rings (SSSR count). The molecule has 0 aromatic heterocycles. The van der Waals surface area contributed by atoms with Crippen LogP contribution >= 0.6 is 0 Å². The molecular weight excluding hydrogens is 426 g/mol. The Bertz CT molecular complexity index is 1110. The molecule has 3 unspecified atom stereocenters. The van der Waals surface area contributed by atoms with Gasteiger partial charge >= 0.3 is 5.97 Å². The minimum atomic E-state index is -3.86. The number of carbonyl (C=O) groups excluding carboxylic acids is 3. The number of carboxylic acid groups (broad SMARTS) is 1. The SMILES string of the molecule is CC1=C(C(=O)N2CCCC2C(=O)O)N2C(=O)C(NC(=O)c3ccccc3)C2S(=O)(=O)C1. The predicted molar refractivity (Wildman–Crippen MR) is 107 cm³/mol. The highest BCUT2D eigenvalue weighted by atomic mass is 32.2. The molecule has 2 saturated heterocycles. The quantitative estimate of drug-likeness (QED) is 0.605. The van der Waals surface area contributed by atoms with Gasteiger partial charge in [0.1, 0.15) is 17.8 Å². The number of rotatable bonds is 4. The van der Waals surface area contributed by atoms with Crippen molar-refractivity contribution in [3.8, 4) is 0 Å². The van der Waals surface area contributed by atoms with Crippen LogP contribution in [0.5, 0.6) is 0 Å². The fourth-order valence-corrected chi connectivity index (χ4v) is 6.41. The number of carboxylic acids is 1. The first-order valence-electron chi connectivity index (χ1n) is 9.77. The molecule has 164 valence electrons. The van der Waals surface area contributed by atoms with E-state index < -0.39 is 56.7 Å². The maximum atomic E-state index is 13.2. The summed E-state index contributed by atoms with van der Waals surface area (Å²) in [5.74, 6) is -3.59. The molecule has 3 atom stereocenters. The average Bonchev–Trinajstić information content (AvgIpc) is 3.21. The van der Waals surface area contributed by atoms with Crippen molar-refractivity contribution in [1.29, 1.82) is 0 Å². The van der Waals surface area contributed by atoms with Gasteiger partial charge in [0.2, 0.25) is 0 Å². The van der Waals surface area contributed by atoms with Gasteiger partial charge in [-0.3, -0.25) is 19.3 Å². The standard InChI is InChI=1S/C20H21N3O7S/c1-11-10-31(29,30)19-14(21-16(24)12-6-3-2-4-7-12)17(25)23(19)15(11)18(26)22-9-5-8-13(22)20(27)28/h2-4,6-7,13-14,19H,5,8-10H2,1H3,(H,21,24)(H,27,28). The summed E-state index contributed by atoms with van der Waals surface area (Å²) in [5, 5.41) is 10.4. The van der Waals surface area contributed by atoms with Crippen molar-refractivity contribution in [2.45, 2.75) is 37.2 Å². The monoisotopic (exact) mass is 447 g/mol. The maximum absolute atomic E-state index is 13.2. The second kappa shape index (κ2) is 7.49. The summed E-state index contributed by atoms with van der Waals surface area (Å²) in [6, 6.07) is 5.72. The molecule has 3 amide bonds. The van der Waals surface area contributed by atoms with E-state index in [9.17, 15) is 32.7 Å². The molecule has 10 nitrogen and oxygen atoms in total. The first kappa shape index (κ1) is 21.0. The topological polar surface area (TPSA) is 141 Å². The molecule has 1 aromatic carbocycles. The molecule has 11 heteroatoms. The molecule has 0 saturated carbocycles. The summed E-state index contributed by atoms with van der Waals surface area (Å²) in [6.07, 6.45) is 0.791. The molecule has 31 heavy (non-hydrogen) atoms. The summed E-state index contributed by atoms with van der Waals surface area (Å²) in [4.78, 5) is 52.0. The Morgan fingerprint density at radius 1 is 1.16 bits per heavy atom. The number of carbonyl (C=O) groups is 4. The van der Waals surface area contributed by atoms with Crippen molar-refractivity contribution in [1.82, 2.24) is 15.1 Å². The number of aliphatic carboxylic acids is 1. The van der Waals surface area contributed by atoms with Crippen LogP contribution in [-0.2, 0) is 24.2 Å². The highest BCUT2D eigenvalue weighted by Crippen LogP contribution is 2.38. The van der Waals surface area contributed by atoms with E-state index in [0.29, 0.717) is 12.8 Å². The third-order valence-corrected chi connectivity index (χ3v) is 7.85. The number of hydrogen-bond acceptors (Lipinski definition) is 6. The van der Waals surface area contributed by atoms with Gasteiger partial charge in [-0.2, -0.15) is 0 Å². The summed E-state index contributed by atoms with van der Waals surface area (Å²) in [7, 11) is -3.86. The summed E-state index contributed by atoms with van der Waals surface area (Å²) in [5.41, 5.74) is 0.341. The van der Waals surface area contributed by atoms with Crippen molar-refractivity contribution >= 4 is 33.5 Å². The van der Waals surface area contributed by atoms with Crippen LogP contribution in [0.2, 0.25) is 0 Å². The maximum Gasteiger partial charge on any atom is 0.326 e. The zero-order valence-corrected chi connectivity index (χ0v) is 17.5. The largest absolute Gasteiger partial charge is 0.480 e. The van der Waals surface area contributed by atoms with Gasteiger partial charge < -0.3 is 15.3 Å². The van der Waals surface area contributed by atoms with Crippen molar-refractivity contribution in [2.75, 3.05) is 12.3 Å². The molecular formula is C20H21N3O7S. The van der Waals surface area contributed by atoms with Crippen LogP contribution < -0.4 is 5.32 Å². The number of hydrogen-bond donors (Lipinski definition) is 2. The fourth-order valence-electron chi connectivity index (χ4n) is 4.37. The predicted octanol–water partition coefficient (Wildman–Crippen LogP) is -0.269. The number of amides is 3. The summed E-state index contributed by atoms with van der Waals surface area (Å²) >= 11 is 0. The zero-order valence-electron chi connectivity index (χ0n) is 16.6. The van der Waals surface area contributed by atoms with Crippen LogP contribution in [0.1, 0.15) is 30.1 Å². The van der Waals surface area contributed by atoms with Crippen LogP contribution in [0, 0.1) is 0 Å². The van der Waals surface area contributed by atoms with E-state index in [4.69, 9.17) is 0 Å². The van der Waals surface area contributed by atoms with Gasteiger partial charge in [0, 0.05) is 12.1 Å². The first-order chi connectivity index (χ1) is 14.6. The lowest BCUT2D eigenvalue weighted by Crippen LogP contribution is -2.75. The van der Waals surface area contributed by atoms with E-state index in [1.165, 1.54) is 24.0 Å². The van der Waals surface area contributed by atoms with E-state index in [-0.39, 0.29) is 23.4 Å². The lowest BCUT2D eigenvalue weighted by atomic mass is 10.0. The Morgan fingerprint density at radius 3 is 2.48 bits per heavy atom. The number of fused-ring (bicyclic) bond motifs is 1. The Balaban J connectivity index is 1.63. The van der Waals surface area contributed by atoms with Crippen LogP contribution in [0.4, 0.5) is 0 Å². The van der Waals surface area contributed by atoms with Gasteiger partial charge in [0.05, 0.1) is 5.75 Å². The zero-order chi connectivity index (χ0) is 22.5. The van der Waals surface area contributed by atoms with Gasteiger partial charge in [0.15, 0.2) is 15.2 Å². The van der Waals surface area contributed by atoms with E-state index >= 15 is 0 Å². The van der Waals surface area contributed by atoms with E-state index in [0.717, 1.165) is 4.90 Å². The Kier molecular flexibility index (Phi) is 5.08. The third kappa shape index (κ3) is 3.38. The van der Waals surface area contributed by atoms with Gasteiger partial charge in [-0.05, 0) is 37.5 Å². The molecule has 0 bridgehead atoms. The first-order valence-corrected chi connectivity index (χ1v) is 11.5. The molecule has 0 spiro atoms. The number of sulfone groups is 1. The van der Waals surface area contributed by atoms with Gasteiger partial charge in [-0.25, -0.2) is 13.2 Å². The van der Waals surface area contributed by atoms with Crippen LogP contribution in [0.3, 0.4) is 0 Å². The van der Waals surface area contributed by atoms with Gasteiger partial charge in [0.25, 0.3) is 17.7 Å². The van der Waals surface area contributed by atoms with E-state index in [1.54, 1.807) is 18.2 Å². The number of nitrogens with zero attached hydrogens (tertiary/aromatic N) is 2. The Labute approximate surface area is 178 Å². The van der Waals surface area contributed by atoms with Gasteiger partial charge in [-0.1, -0.05) is 18.2 Å².